The monoisotopic (exact) mass is 306 g/mol. The Kier molecular flexibility index (Phi) is 4.69. The summed E-state index contributed by atoms with van der Waals surface area (Å²) in [6.07, 6.45) is 0. The van der Waals surface area contributed by atoms with Gasteiger partial charge in [-0.2, -0.15) is 0 Å². The molecule has 2 aromatic rings. The molecule has 2 rings (SSSR count). The summed E-state index contributed by atoms with van der Waals surface area (Å²) in [5.74, 6) is 6.44. The molecule has 0 saturated carbocycles. The van der Waals surface area contributed by atoms with Crippen LogP contribution in [-0.2, 0) is 4.79 Å². The van der Waals surface area contributed by atoms with Crippen molar-refractivity contribution < 1.29 is 4.79 Å². The number of nitrogens with zero attached hydrogens (tertiary/aromatic N) is 4. The maximum Gasteiger partial charge on any atom is 0.234 e. The molecular formula is C13H18N6OS. The molecule has 0 unspecified atom stereocenters. The minimum Gasteiger partial charge on any atom is -0.378 e. The number of aryl methyl sites for hydroxylation is 1. The Morgan fingerprint density at radius 1 is 1.33 bits per heavy atom. The number of aromatic nitrogens is 3. The van der Waals surface area contributed by atoms with Crippen LogP contribution in [0.3, 0.4) is 0 Å². The molecule has 1 heterocycles. The summed E-state index contributed by atoms with van der Waals surface area (Å²) in [4.78, 5) is 13.9. The number of thioether (sulfide) groups is 1. The fourth-order valence-corrected chi connectivity index (χ4v) is 2.32. The van der Waals surface area contributed by atoms with Crippen molar-refractivity contribution in [3.05, 3.63) is 30.1 Å². The van der Waals surface area contributed by atoms with Crippen LogP contribution in [0.2, 0.25) is 0 Å². The van der Waals surface area contributed by atoms with Crippen LogP contribution in [0.4, 0.5) is 11.4 Å². The molecule has 1 amide bonds. The number of nitrogens with one attached hydrogen (secondary N) is 1. The molecular weight excluding hydrogens is 288 g/mol. The zero-order valence-corrected chi connectivity index (χ0v) is 13.0. The topological polar surface area (TPSA) is 89.1 Å². The highest BCUT2D eigenvalue weighted by Gasteiger charge is 2.10. The van der Waals surface area contributed by atoms with Gasteiger partial charge in [-0.25, -0.2) is 4.68 Å². The molecule has 8 heteroatoms. The van der Waals surface area contributed by atoms with Crippen molar-refractivity contribution in [1.29, 1.82) is 0 Å². The summed E-state index contributed by atoms with van der Waals surface area (Å²) < 4.78 is 1.36. The molecule has 0 aliphatic heterocycles. The van der Waals surface area contributed by atoms with E-state index in [9.17, 15) is 4.79 Å². The van der Waals surface area contributed by atoms with Crippen molar-refractivity contribution in [2.75, 3.05) is 35.9 Å². The maximum atomic E-state index is 11.9. The van der Waals surface area contributed by atoms with Crippen molar-refractivity contribution >= 4 is 29.0 Å². The fourth-order valence-electron chi connectivity index (χ4n) is 1.62. The van der Waals surface area contributed by atoms with Crippen molar-refractivity contribution in [1.82, 2.24) is 14.9 Å². The average Bonchev–Trinajstić information content (AvgIpc) is 2.77. The van der Waals surface area contributed by atoms with Gasteiger partial charge in [0, 0.05) is 25.5 Å². The smallest absolute Gasteiger partial charge is 0.234 e. The van der Waals surface area contributed by atoms with Crippen molar-refractivity contribution in [3.63, 3.8) is 0 Å². The Hall–Kier alpha value is -2.22. The van der Waals surface area contributed by atoms with Crippen LogP contribution in [0, 0.1) is 6.92 Å². The van der Waals surface area contributed by atoms with Crippen LogP contribution in [0.15, 0.2) is 29.4 Å². The molecule has 1 aromatic heterocycles. The van der Waals surface area contributed by atoms with E-state index in [1.54, 1.807) is 6.92 Å². The van der Waals surface area contributed by atoms with E-state index >= 15 is 0 Å². The second kappa shape index (κ2) is 6.49. The van der Waals surface area contributed by atoms with Gasteiger partial charge in [-0.05, 0) is 31.2 Å². The maximum absolute atomic E-state index is 11.9. The molecule has 0 aliphatic rings. The quantitative estimate of drug-likeness (QED) is 0.635. The molecule has 0 atom stereocenters. The van der Waals surface area contributed by atoms with E-state index in [4.69, 9.17) is 5.84 Å². The van der Waals surface area contributed by atoms with Gasteiger partial charge in [-0.1, -0.05) is 11.8 Å². The van der Waals surface area contributed by atoms with Gasteiger partial charge in [0.1, 0.15) is 5.82 Å². The molecule has 0 bridgehead atoms. The van der Waals surface area contributed by atoms with Gasteiger partial charge < -0.3 is 16.1 Å². The SMILES string of the molecule is Cc1nnc(SCC(=O)Nc2ccc(N(C)C)cc2)n1N. The molecule has 3 N–H and O–H groups in total. The minimum atomic E-state index is -0.113. The summed E-state index contributed by atoms with van der Waals surface area (Å²) in [5, 5.41) is 11.1. The summed E-state index contributed by atoms with van der Waals surface area (Å²) in [6.45, 7) is 1.75. The van der Waals surface area contributed by atoms with Gasteiger partial charge in [0.15, 0.2) is 0 Å². The second-order valence-corrected chi connectivity index (χ2v) is 5.62. The van der Waals surface area contributed by atoms with Crippen LogP contribution in [0.1, 0.15) is 5.82 Å². The average molecular weight is 306 g/mol. The number of benzene rings is 1. The number of hydrogen-bond acceptors (Lipinski definition) is 6. The first kappa shape index (κ1) is 15.2. The lowest BCUT2D eigenvalue weighted by molar-refractivity contribution is -0.113. The number of carbonyl (C=O) groups excluding carboxylic acids is 1. The predicted octanol–water partition coefficient (Wildman–Crippen LogP) is 1.10. The van der Waals surface area contributed by atoms with Crippen LogP contribution >= 0.6 is 11.8 Å². The Labute approximate surface area is 127 Å². The van der Waals surface area contributed by atoms with E-state index in [-0.39, 0.29) is 11.7 Å². The Balaban J connectivity index is 1.88. The molecule has 0 fully saturated rings. The summed E-state index contributed by atoms with van der Waals surface area (Å²) >= 11 is 1.25. The summed E-state index contributed by atoms with van der Waals surface area (Å²) in [5.41, 5.74) is 1.84. The van der Waals surface area contributed by atoms with Crippen LogP contribution < -0.4 is 16.1 Å². The first-order chi connectivity index (χ1) is 9.97. The lowest BCUT2D eigenvalue weighted by atomic mass is 10.2. The summed E-state index contributed by atoms with van der Waals surface area (Å²) in [7, 11) is 3.93. The van der Waals surface area contributed by atoms with Crippen LogP contribution in [0.5, 0.6) is 0 Å². The van der Waals surface area contributed by atoms with Gasteiger partial charge in [-0.3, -0.25) is 4.79 Å². The molecule has 112 valence electrons. The number of hydrogen-bond donors (Lipinski definition) is 2. The highest BCUT2D eigenvalue weighted by atomic mass is 32.2. The van der Waals surface area contributed by atoms with Crippen LogP contribution in [0.25, 0.3) is 0 Å². The highest BCUT2D eigenvalue weighted by molar-refractivity contribution is 7.99. The zero-order chi connectivity index (χ0) is 15.4. The van der Waals surface area contributed by atoms with E-state index in [1.165, 1.54) is 16.4 Å². The standard InChI is InChI=1S/C13H18N6OS/c1-9-16-17-13(19(9)14)21-8-12(20)15-10-4-6-11(7-5-10)18(2)3/h4-7H,8,14H2,1-3H3,(H,15,20). The molecule has 0 aliphatic carbocycles. The molecule has 1 aromatic carbocycles. The normalized spacial score (nSPS) is 10.4. The number of nitrogens with two attached hydrogens (primary N) is 1. The Bertz CT molecular complexity index is 622. The zero-order valence-electron chi connectivity index (χ0n) is 12.2. The van der Waals surface area contributed by atoms with Gasteiger partial charge in [0.25, 0.3) is 0 Å². The Morgan fingerprint density at radius 3 is 2.52 bits per heavy atom. The van der Waals surface area contributed by atoms with Gasteiger partial charge in [0.05, 0.1) is 5.75 Å². The summed E-state index contributed by atoms with van der Waals surface area (Å²) in [6, 6.07) is 7.63. The first-order valence-electron chi connectivity index (χ1n) is 6.34. The Morgan fingerprint density at radius 2 is 2.00 bits per heavy atom. The number of anilines is 2. The van der Waals surface area contributed by atoms with E-state index in [2.05, 4.69) is 15.5 Å². The number of amides is 1. The van der Waals surface area contributed by atoms with Crippen LogP contribution in [-0.4, -0.2) is 40.6 Å². The lowest BCUT2D eigenvalue weighted by Gasteiger charge is -2.13. The van der Waals surface area contributed by atoms with Crippen molar-refractivity contribution in [2.24, 2.45) is 0 Å². The molecule has 21 heavy (non-hydrogen) atoms. The predicted molar refractivity (Wildman–Crippen MR) is 85.0 cm³/mol. The van der Waals surface area contributed by atoms with E-state index in [0.717, 1.165) is 11.4 Å². The second-order valence-electron chi connectivity index (χ2n) is 4.68. The first-order valence-corrected chi connectivity index (χ1v) is 7.33. The lowest BCUT2D eigenvalue weighted by Crippen LogP contribution is -2.16. The third kappa shape index (κ3) is 3.88. The molecule has 0 saturated heterocycles. The van der Waals surface area contributed by atoms with Crippen molar-refractivity contribution in [3.8, 4) is 0 Å². The molecule has 0 radical (unpaired) electrons. The van der Waals surface area contributed by atoms with E-state index in [1.807, 2.05) is 43.3 Å². The van der Waals surface area contributed by atoms with Gasteiger partial charge in [-0.15, -0.1) is 10.2 Å². The number of rotatable bonds is 5. The third-order valence-electron chi connectivity index (χ3n) is 2.83. The number of carbonyl (C=O) groups is 1. The third-order valence-corrected chi connectivity index (χ3v) is 3.78. The van der Waals surface area contributed by atoms with E-state index < -0.39 is 0 Å². The fraction of sp³-hybridized carbons (Fsp3) is 0.308. The molecule has 7 nitrogen and oxygen atoms in total. The highest BCUT2D eigenvalue weighted by Crippen LogP contribution is 2.17. The van der Waals surface area contributed by atoms with Crippen molar-refractivity contribution in [2.45, 2.75) is 12.1 Å². The molecule has 0 spiro atoms. The van der Waals surface area contributed by atoms with Gasteiger partial charge in [0.2, 0.25) is 11.1 Å². The largest absolute Gasteiger partial charge is 0.378 e. The number of nitrogen functional groups attached to an aromatic ring is 1. The van der Waals surface area contributed by atoms with E-state index in [0.29, 0.717) is 11.0 Å². The minimum absolute atomic E-state index is 0.113. The van der Waals surface area contributed by atoms with Gasteiger partial charge >= 0.3 is 0 Å².